The van der Waals surface area contributed by atoms with Gasteiger partial charge in [-0.2, -0.15) is 0 Å². The van der Waals surface area contributed by atoms with Crippen molar-refractivity contribution in [3.05, 3.63) is 36.1 Å². The summed E-state index contributed by atoms with van der Waals surface area (Å²) in [5, 5.41) is 0.820. The molecule has 3 nitrogen and oxygen atoms in total. The van der Waals surface area contributed by atoms with Crippen LogP contribution in [0.25, 0.3) is 11.0 Å². The molecule has 0 fully saturated rings. The summed E-state index contributed by atoms with van der Waals surface area (Å²) in [6.45, 7) is 3.38. The number of furan rings is 1. The van der Waals surface area contributed by atoms with Crippen molar-refractivity contribution in [2.75, 3.05) is 0 Å². The van der Waals surface area contributed by atoms with Gasteiger partial charge in [-0.25, -0.2) is 0 Å². The first-order valence-electron chi connectivity index (χ1n) is 4.80. The molecule has 0 atom stereocenters. The lowest BCUT2D eigenvalue weighted by atomic mass is 9.94. The summed E-state index contributed by atoms with van der Waals surface area (Å²) in [6, 6.07) is 7.43. The highest BCUT2D eigenvalue weighted by atomic mass is 16.3. The van der Waals surface area contributed by atoms with Crippen LogP contribution in [0.2, 0.25) is 0 Å². The summed E-state index contributed by atoms with van der Waals surface area (Å²) in [7, 11) is 0. The second-order valence-corrected chi connectivity index (χ2v) is 4.20. The van der Waals surface area contributed by atoms with Gasteiger partial charge in [-0.1, -0.05) is 18.2 Å². The summed E-state index contributed by atoms with van der Waals surface area (Å²) in [6.07, 6.45) is 1.47. The predicted octanol–water partition coefficient (Wildman–Crippen LogP) is 2.35. The van der Waals surface area contributed by atoms with Crippen LogP contribution in [0.15, 0.2) is 34.9 Å². The summed E-state index contributed by atoms with van der Waals surface area (Å²) in [5.41, 5.74) is 6.17. The number of nitrogens with two attached hydrogens (primary N) is 1. The van der Waals surface area contributed by atoms with Gasteiger partial charge in [-0.15, -0.1) is 0 Å². The molecule has 1 heterocycles. The number of rotatable bonds is 2. The van der Waals surface area contributed by atoms with Crippen molar-refractivity contribution >= 4 is 16.8 Å². The standard InChI is InChI=1S/C12H13NO2/c1-12(2,13)11(14)9-7-15-10-6-4-3-5-8(9)10/h3-7H,13H2,1-2H3. The number of carbonyl (C=O) groups excluding carboxylic acids is 1. The molecule has 0 saturated carbocycles. The van der Waals surface area contributed by atoms with Crippen LogP contribution in [0.5, 0.6) is 0 Å². The predicted molar refractivity (Wildman–Crippen MR) is 58.8 cm³/mol. The molecule has 0 spiro atoms. The summed E-state index contributed by atoms with van der Waals surface area (Å²) in [5.74, 6) is -0.104. The van der Waals surface area contributed by atoms with Crippen LogP contribution in [-0.4, -0.2) is 11.3 Å². The Morgan fingerprint density at radius 3 is 2.67 bits per heavy atom. The first kappa shape index (κ1) is 9.93. The van der Waals surface area contributed by atoms with Crippen LogP contribution in [0.3, 0.4) is 0 Å². The third kappa shape index (κ3) is 1.66. The number of hydrogen-bond donors (Lipinski definition) is 1. The van der Waals surface area contributed by atoms with Gasteiger partial charge in [-0.3, -0.25) is 4.79 Å². The van der Waals surface area contributed by atoms with Crippen molar-refractivity contribution in [1.82, 2.24) is 0 Å². The van der Waals surface area contributed by atoms with E-state index in [0.29, 0.717) is 11.1 Å². The molecule has 0 saturated heterocycles. The van der Waals surface area contributed by atoms with E-state index in [1.165, 1.54) is 6.26 Å². The molecule has 0 radical (unpaired) electrons. The Bertz CT molecular complexity index is 506. The summed E-state index contributed by atoms with van der Waals surface area (Å²) >= 11 is 0. The summed E-state index contributed by atoms with van der Waals surface area (Å²) < 4.78 is 5.29. The Hall–Kier alpha value is -1.61. The number of carbonyl (C=O) groups is 1. The Morgan fingerprint density at radius 2 is 2.00 bits per heavy atom. The molecule has 1 aromatic heterocycles. The zero-order chi connectivity index (χ0) is 11.1. The van der Waals surface area contributed by atoms with Crippen molar-refractivity contribution < 1.29 is 9.21 Å². The molecule has 0 bridgehead atoms. The van der Waals surface area contributed by atoms with Gasteiger partial charge in [0.2, 0.25) is 0 Å². The van der Waals surface area contributed by atoms with Crippen molar-refractivity contribution in [3.63, 3.8) is 0 Å². The number of hydrogen-bond acceptors (Lipinski definition) is 3. The SMILES string of the molecule is CC(C)(N)C(=O)c1coc2ccccc12. The molecule has 0 aliphatic carbocycles. The van der Waals surface area contributed by atoms with E-state index in [2.05, 4.69) is 0 Å². The highest BCUT2D eigenvalue weighted by Gasteiger charge is 2.26. The molecular weight excluding hydrogens is 190 g/mol. The molecular formula is C12H13NO2. The average Bonchev–Trinajstić information content (AvgIpc) is 2.58. The molecule has 3 heteroatoms. The third-order valence-corrected chi connectivity index (χ3v) is 2.31. The minimum atomic E-state index is -0.868. The van der Waals surface area contributed by atoms with Gasteiger partial charge in [-0.05, 0) is 19.9 Å². The van der Waals surface area contributed by atoms with Crippen molar-refractivity contribution in [2.24, 2.45) is 5.73 Å². The lowest BCUT2D eigenvalue weighted by molar-refractivity contribution is 0.0914. The molecule has 1 aromatic carbocycles. The van der Waals surface area contributed by atoms with E-state index in [1.807, 2.05) is 24.3 Å². The van der Waals surface area contributed by atoms with E-state index in [9.17, 15) is 4.79 Å². The van der Waals surface area contributed by atoms with Gasteiger partial charge >= 0.3 is 0 Å². The smallest absolute Gasteiger partial charge is 0.185 e. The van der Waals surface area contributed by atoms with Crippen molar-refractivity contribution in [3.8, 4) is 0 Å². The maximum Gasteiger partial charge on any atom is 0.185 e. The first-order valence-corrected chi connectivity index (χ1v) is 4.80. The summed E-state index contributed by atoms with van der Waals surface area (Å²) in [4.78, 5) is 12.0. The largest absolute Gasteiger partial charge is 0.464 e. The minimum Gasteiger partial charge on any atom is -0.464 e. The van der Waals surface area contributed by atoms with Gasteiger partial charge in [0.25, 0.3) is 0 Å². The highest BCUT2D eigenvalue weighted by molar-refractivity contribution is 6.11. The van der Waals surface area contributed by atoms with Crippen LogP contribution < -0.4 is 5.73 Å². The molecule has 2 aromatic rings. The van der Waals surface area contributed by atoms with Crippen LogP contribution in [-0.2, 0) is 0 Å². The van der Waals surface area contributed by atoms with Crippen LogP contribution >= 0.6 is 0 Å². The van der Waals surface area contributed by atoms with Gasteiger partial charge in [0.15, 0.2) is 5.78 Å². The zero-order valence-electron chi connectivity index (χ0n) is 8.78. The van der Waals surface area contributed by atoms with Gasteiger partial charge < -0.3 is 10.2 Å². The van der Waals surface area contributed by atoms with E-state index in [1.54, 1.807) is 13.8 Å². The van der Waals surface area contributed by atoms with E-state index < -0.39 is 5.54 Å². The van der Waals surface area contributed by atoms with E-state index in [4.69, 9.17) is 10.2 Å². The molecule has 2 N–H and O–H groups in total. The quantitative estimate of drug-likeness (QED) is 0.762. The number of ketones is 1. The van der Waals surface area contributed by atoms with Crippen LogP contribution in [0, 0.1) is 0 Å². The molecule has 78 valence electrons. The molecule has 15 heavy (non-hydrogen) atoms. The Kier molecular flexibility index (Phi) is 2.12. The second-order valence-electron chi connectivity index (χ2n) is 4.20. The van der Waals surface area contributed by atoms with E-state index >= 15 is 0 Å². The topological polar surface area (TPSA) is 56.2 Å². The van der Waals surface area contributed by atoms with Crippen LogP contribution in [0.1, 0.15) is 24.2 Å². The van der Waals surface area contributed by atoms with Gasteiger partial charge in [0.05, 0.1) is 11.1 Å². The normalized spacial score (nSPS) is 11.9. The Morgan fingerprint density at radius 1 is 1.33 bits per heavy atom. The maximum absolute atomic E-state index is 12.0. The number of benzene rings is 1. The van der Waals surface area contributed by atoms with Crippen molar-refractivity contribution in [1.29, 1.82) is 0 Å². The Balaban J connectivity index is 2.58. The van der Waals surface area contributed by atoms with Crippen LogP contribution in [0.4, 0.5) is 0 Å². The highest BCUT2D eigenvalue weighted by Crippen LogP contribution is 2.23. The monoisotopic (exact) mass is 203 g/mol. The number of Topliss-reactive ketones (excluding diaryl/α,β-unsaturated/α-hetero) is 1. The number of fused-ring (bicyclic) bond motifs is 1. The third-order valence-electron chi connectivity index (χ3n) is 2.31. The van der Waals surface area contributed by atoms with Crippen molar-refractivity contribution in [2.45, 2.75) is 19.4 Å². The van der Waals surface area contributed by atoms with E-state index in [-0.39, 0.29) is 5.78 Å². The van der Waals surface area contributed by atoms with E-state index in [0.717, 1.165) is 5.39 Å². The molecule has 0 aliphatic heterocycles. The fourth-order valence-corrected chi connectivity index (χ4v) is 1.50. The second kappa shape index (κ2) is 3.21. The molecule has 2 rings (SSSR count). The minimum absolute atomic E-state index is 0.104. The number of para-hydroxylation sites is 1. The lowest BCUT2D eigenvalue weighted by Gasteiger charge is -2.15. The average molecular weight is 203 g/mol. The van der Waals surface area contributed by atoms with Gasteiger partial charge in [0.1, 0.15) is 11.8 Å². The molecule has 0 aliphatic rings. The maximum atomic E-state index is 12.0. The Labute approximate surface area is 87.9 Å². The molecule has 0 unspecified atom stereocenters. The zero-order valence-corrected chi connectivity index (χ0v) is 8.78. The fourth-order valence-electron chi connectivity index (χ4n) is 1.50. The first-order chi connectivity index (χ1) is 7.00. The lowest BCUT2D eigenvalue weighted by Crippen LogP contribution is -2.41. The molecule has 0 amide bonds. The van der Waals surface area contributed by atoms with Gasteiger partial charge in [0, 0.05) is 5.39 Å². The fraction of sp³-hybridized carbons (Fsp3) is 0.250.